The van der Waals surface area contributed by atoms with Gasteiger partial charge in [0.25, 0.3) is 0 Å². The van der Waals surface area contributed by atoms with Crippen molar-refractivity contribution in [2.75, 3.05) is 6.61 Å². The SMILES string of the molecule is CCOC(=O)c1cc2cc(O)ccc2n1Cc1cc2c(cc1Cl)OOC2. The van der Waals surface area contributed by atoms with E-state index >= 15 is 0 Å². The Bertz CT molecular complexity index is 1010. The Kier molecular flexibility index (Phi) is 4.22. The van der Waals surface area contributed by atoms with Gasteiger partial charge in [-0.25, -0.2) is 4.79 Å². The lowest BCUT2D eigenvalue weighted by atomic mass is 10.1. The molecule has 0 bridgehead atoms. The van der Waals surface area contributed by atoms with Crippen molar-refractivity contribution < 1.29 is 24.4 Å². The number of fused-ring (bicyclic) bond motifs is 2. The molecule has 1 aliphatic rings. The highest BCUT2D eigenvalue weighted by molar-refractivity contribution is 6.31. The molecule has 0 spiro atoms. The third kappa shape index (κ3) is 2.87. The van der Waals surface area contributed by atoms with Gasteiger partial charge in [0.05, 0.1) is 6.61 Å². The second-order valence-electron chi connectivity index (χ2n) is 5.98. The number of carbonyl (C=O) groups is 1. The fraction of sp³-hybridized carbons (Fsp3) is 0.211. The van der Waals surface area contributed by atoms with Crippen molar-refractivity contribution >= 4 is 28.5 Å². The topological polar surface area (TPSA) is 69.9 Å². The van der Waals surface area contributed by atoms with Gasteiger partial charge in [-0.3, -0.25) is 0 Å². The first kappa shape index (κ1) is 16.8. The first-order valence-corrected chi connectivity index (χ1v) is 8.54. The van der Waals surface area contributed by atoms with Gasteiger partial charge in [0.2, 0.25) is 0 Å². The molecule has 0 saturated heterocycles. The van der Waals surface area contributed by atoms with Crippen LogP contribution in [0.25, 0.3) is 10.9 Å². The second-order valence-corrected chi connectivity index (χ2v) is 6.38. The molecule has 26 heavy (non-hydrogen) atoms. The van der Waals surface area contributed by atoms with Crippen LogP contribution in [-0.4, -0.2) is 22.2 Å². The number of esters is 1. The summed E-state index contributed by atoms with van der Waals surface area (Å²) >= 11 is 6.39. The molecule has 0 amide bonds. The molecule has 6 nitrogen and oxygen atoms in total. The molecule has 2 heterocycles. The van der Waals surface area contributed by atoms with Crippen LogP contribution in [0.2, 0.25) is 5.02 Å². The Hall–Kier alpha value is -2.70. The van der Waals surface area contributed by atoms with Gasteiger partial charge in [-0.1, -0.05) is 11.6 Å². The summed E-state index contributed by atoms with van der Waals surface area (Å²) in [6.07, 6.45) is 0. The summed E-state index contributed by atoms with van der Waals surface area (Å²) < 4.78 is 7.01. The number of ether oxygens (including phenoxy) is 1. The Labute approximate surface area is 154 Å². The minimum absolute atomic E-state index is 0.134. The van der Waals surface area contributed by atoms with Gasteiger partial charge >= 0.3 is 5.97 Å². The number of phenols is 1. The molecule has 1 aliphatic heterocycles. The van der Waals surface area contributed by atoms with Crippen LogP contribution >= 0.6 is 11.6 Å². The molecular weight excluding hydrogens is 358 g/mol. The van der Waals surface area contributed by atoms with Crippen LogP contribution in [0, 0.1) is 0 Å². The molecule has 7 heteroatoms. The first-order valence-electron chi connectivity index (χ1n) is 8.17. The minimum atomic E-state index is -0.424. The average molecular weight is 374 g/mol. The van der Waals surface area contributed by atoms with E-state index in [2.05, 4.69) is 0 Å². The summed E-state index contributed by atoms with van der Waals surface area (Å²) in [6.45, 7) is 2.76. The first-order chi connectivity index (χ1) is 12.6. The Morgan fingerprint density at radius 3 is 2.96 bits per heavy atom. The minimum Gasteiger partial charge on any atom is -0.508 e. The van der Waals surface area contributed by atoms with Crippen molar-refractivity contribution in [2.45, 2.75) is 20.1 Å². The molecule has 0 unspecified atom stereocenters. The molecule has 0 fully saturated rings. The number of aromatic hydroxyl groups is 1. The van der Waals surface area contributed by atoms with Crippen LogP contribution < -0.4 is 4.89 Å². The molecule has 134 valence electrons. The lowest BCUT2D eigenvalue weighted by Crippen LogP contribution is -2.13. The van der Waals surface area contributed by atoms with E-state index < -0.39 is 5.97 Å². The number of phenolic OH excluding ortho intramolecular Hbond substituents is 1. The molecule has 0 radical (unpaired) electrons. The van der Waals surface area contributed by atoms with Crippen LogP contribution in [0.4, 0.5) is 0 Å². The van der Waals surface area contributed by atoms with E-state index in [9.17, 15) is 9.90 Å². The predicted molar refractivity (Wildman–Crippen MR) is 95.5 cm³/mol. The van der Waals surface area contributed by atoms with Crippen LogP contribution in [0.15, 0.2) is 36.4 Å². The third-order valence-corrected chi connectivity index (χ3v) is 4.64. The Balaban J connectivity index is 1.82. The van der Waals surface area contributed by atoms with Gasteiger partial charge in [-0.15, -0.1) is 0 Å². The van der Waals surface area contributed by atoms with E-state index in [4.69, 9.17) is 26.1 Å². The lowest BCUT2D eigenvalue weighted by molar-refractivity contribution is -0.194. The van der Waals surface area contributed by atoms with Gasteiger partial charge in [-0.2, -0.15) is 4.89 Å². The normalized spacial score (nSPS) is 12.8. The largest absolute Gasteiger partial charge is 0.508 e. The number of hydrogen-bond acceptors (Lipinski definition) is 5. The van der Waals surface area contributed by atoms with Crippen molar-refractivity contribution in [3.05, 3.63) is 58.2 Å². The van der Waals surface area contributed by atoms with E-state index in [1.54, 1.807) is 37.3 Å². The quantitative estimate of drug-likeness (QED) is 0.552. The van der Waals surface area contributed by atoms with E-state index in [-0.39, 0.29) is 12.4 Å². The van der Waals surface area contributed by atoms with Crippen LogP contribution in [0.5, 0.6) is 11.5 Å². The molecule has 0 aliphatic carbocycles. The van der Waals surface area contributed by atoms with Crippen LogP contribution in [0.1, 0.15) is 28.5 Å². The van der Waals surface area contributed by atoms with Crippen molar-refractivity contribution in [1.82, 2.24) is 4.57 Å². The Morgan fingerprint density at radius 1 is 1.31 bits per heavy atom. The highest BCUT2D eigenvalue weighted by atomic mass is 35.5. The van der Waals surface area contributed by atoms with E-state index in [0.717, 1.165) is 22.0 Å². The number of aromatic nitrogens is 1. The zero-order valence-electron chi connectivity index (χ0n) is 14.0. The summed E-state index contributed by atoms with van der Waals surface area (Å²) in [6, 6.07) is 10.3. The molecule has 0 atom stereocenters. The molecule has 2 aromatic carbocycles. The zero-order valence-corrected chi connectivity index (χ0v) is 14.7. The smallest absolute Gasteiger partial charge is 0.354 e. The fourth-order valence-electron chi connectivity index (χ4n) is 3.09. The molecule has 0 saturated carbocycles. The van der Waals surface area contributed by atoms with Crippen molar-refractivity contribution in [3.63, 3.8) is 0 Å². The maximum Gasteiger partial charge on any atom is 0.354 e. The summed E-state index contributed by atoms with van der Waals surface area (Å²) in [7, 11) is 0. The van der Waals surface area contributed by atoms with Crippen LogP contribution in [0.3, 0.4) is 0 Å². The maximum atomic E-state index is 12.4. The number of rotatable bonds is 4. The molecule has 1 N–H and O–H groups in total. The molecule has 4 rings (SSSR count). The number of carbonyl (C=O) groups excluding carboxylic acids is 1. The number of benzene rings is 2. The monoisotopic (exact) mass is 373 g/mol. The van der Waals surface area contributed by atoms with Crippen LogP contribution in [-0.2, 0) is 22.8 Å². The van der Waals surface area contributed by atoms with E-state index in [1.165, 1.54) is 0 Å². The van der Waals surface area contributed by atoms with Crippen molar-refractivity contribution in [1.29, 1.82) is 0 Å². The van der Waals surface area contributed by atoms with Gasteiger partial charge in [0.1, 0.15) is 18.1 Å². The lowest BCUT2D eigenvalue weighted by Gasteiger charge is -2.12. The maximum absolute atomic E-state index is 12.4. The standard InChI is InChI=1S/C19H16ClNO5/c1-2-24-19(23)17-7-11-6-14(22)3-4-16(11)21(17)9-12-5-13-10-25-26-18(13)8-15(12)20/h3-8,22H,2,9-10H2,1H3. The summed E-state index contributed by atoms with van der Waals surface area (Å²) in [4.78, 5) is 22.4. The summed E-state index contributed by atoms with van der Waals surface area (Å²) in [5, 5.41) is 11.0. The molecular formula is C19H16ClNO5. The van der Waals surface area contributed by atoms with E-state index in [0.29, 0.717) is 29.6 Å². The number of halogens is 1. The second kappa shape index (κ2) is 6.55. The predicted octanol–water partition coefficient (Wildman–Crippen LogP) is 4.05. The third-order valence-electron chi connectivity index (χ3n) is 4.29. The molecule has 3 aromatic rings. The van der Waals surface area contributed by atoms with Crippen molar-refractivity contribution in [3.8, 4) is 11.5 Å². The number of nitrogens with zero attached hydrogens (tertiary/aromatic N) is 1. The highest BCUT2D eigenvalue weighted by Crippen LogP contribution is 2.33. The van der Waals surface area contributed by atoms with Gasteiger partial charge in [0, 0.05) is 34.1 Å². The van der Waals surface area contributed by atoms with Gasteiger partial charge in [0.15, 0.2) is 5.75 Å². The fourth-order valence-corrected chi connectivity index (χ4v) is 3.31. The highest BCUT2D eigenvalue weighted by Gasteiger charge is 2.21. The summed E-state index contributed by atoms with van der Waals surface area (Å²) in [5.41, 5.74) is 2.93. The summed E-state index contributed by atoms with van der Waals surface area (Å²) in [5.74, 6) is 0.314. The average Bonchev–Trinajstić information content (AvgIpc) is 3.19. The van der Waals surface area contributed by atoms with E-state index in [1.807, 2.05) is 10.6 Å². The number of hydrogen-bond donors (Lipinski definition) is 1. The van der Waals surface area contributed by atoms with Gasteiger partial charge in [-0.05, 0) is 42.8 Å². The zero-order chi connectivity index (χ0) is 18.3. The van der Waals surface area contributed by atoms with Crippen molar-refractivity contribution in [2.24, 2.45) is 0 Å². The molecule has 1 aromatic heterocycles. The Morgan fingerprint density at radius 2 is 2.15 bits per heavy atom. The van der Waals surface area contributed by atoms with Gasteiger partial charge < -0.3 is 19.3 Å².